The zero-order valence-corrected chi connectivity index (χ0v) is 10.7. The fourth-order valence-corrected chi connectivity index (χ4v) is 2.95. The van der Waals surface area contributed by atoms with E-state index in [9.17, 15) is 4.79 Å². The minimum Gasteiger partial charge on any atom is -0.338 e. The van der Waals surface area contributed by atoms with Crippen molar-refractivity contribution in [3.05, 3.63) is 32.8 Å². The molecule has 0 radical (unpaired) electrons. The Labute approximate surface area is 102 Å². The molecule has 0 unspecified atom stereocenters. The number of carbonyl (C=O) groups excluding carboxylic acids is 1. The number of rotatable bonds is 0. The molecule has 0 N–H and O–H groups in total. The van der Waals surface area contributed by atoms with Crippen molar-refractivity contribution in [2.45, 2.75) is 19.9 Å². The van der Waals surface area contributed by atoms with E-state index in [1.54, 1.807) is 6.92 Å². The van der Waals surface area contributed by atoms with Gasteiger partial charge in [-0.25, -0.2) is 0 Å². The highest BCUT2D eigenvalue weighted by Gasteiger charge is 2.20. The lowest BCUT2D eigenvalue weighted by Gasteiger charge is -2.28. The Morgan fingerprint density at radius 1 is 1.53 bits per heavy atom. The van der Waals surface area contributed by atoms with Crippen LogP contribution in [0.2, 0.25) is 5.02 Å². The van der Waals surface area contributed by atoms with Crippen LogP contribution in [0.15, 0.2) is 16.6 Å². The van der Waals surface area contributed by atoms with Crippen LogP contribution < -0.4 is 0 Å². The molecule has 0 atom stereocenters. The van der Waals surface area contributed by atoms with Crippen LogP contribution in [-0.4, -0.2) is 17.4 Å². The summed E-state index contributed by atoms with van der Waals surface area (Å²) < 4.78 is 1.05. The van der Waals surface area contributed by atoms with Crippen LogP contribution in [-0.2, 0) is 17.8 Å². The molecule has 2 rings (SSSR count). The lowest BCUT2D eigenvalue weighted by Crippen LogP contribution is -2.34. The second-order valence-corrected chi connectivity index (χ2v) is 5.01. The largest absolute Gasteiger partial charge is 0.338 e. The summed E-state index contributed by atoms with van der Waals surface area (Å²) >= 11 is 9.48. The first-order chi connectivity index (χ1) is 7.08. The first-order valence-corrected chi connectivity index (χ1v) is 5.97. The van der Waals surface area contributed by atoms with Crippen LogP contribution in [0.4, 0.5) is 0 Å². The monoisotopic (exact) mass is 287 g/mol. The van der Waals surface area contributed by atoms with Crippen molar-refractivity contribution in [1.29, 1.82) is 0 Å². The van der Waals surface area contributed by atoms with E-state index in [0.717, 1.165) is 23.0 Å². The fourth-order valence-electron chi connectivity index (χ4n) is 1.88. The standard InChI is InChI=1S/C11H11BrClNO/c1-7(15)14-3-2-10-8(6-14)4-9(13)5-11(10)12/h4-5H,2-3,6H2,1H3. The Morgan fingerprint density at radius 3 is 2.93 bits per heavy atom. The summed E-state index contributed by atoms with van der Waals surface area (Å²) in [5, 5.41) is 0.714. The maximum Gasteiger partial charge on any atom is 0.219 e. The lowest BCUT2D eigenvalue weighted by molar-refractivity contribution is -0.129. The van der Waals surface area contributed by atoms with Gasteiger partial charge in [0.2, 0.25) is 5.91 Å². The molecule has 0 saturated carbocycles. The van der Waals surface area contributed by atoms with E-state index in [-0.39, 0.29) is 5.91 Å². The van der Waals surface area contributed by atoms with Crippen molar-refractivity contribution in [3.63, 3.8) is 0 Å². The molecule has 1 aliphatic rings. The predicted octanol–water partition coefficient (Wildman–Crippen LogP) is 3.01. The molecule has 1 aromatic carbocycles. The summed E-state index contributed by atoms with van der Waals surface area (Å²) in [6, 6.07) is 3.85. The first kappa shape index (κ1) is 11.0. The van der Waals surface area contributed by atoms with Crippen molar-refractivity contribution in [2.75, 3.05) is 6.54 Å². The van der Waals surface area contributed by atoms with Crippen molar-refractivity contribution < 1.29 is 4.79 Å². The van der Waals surface area contributed by atoms with E-state index < -0.39 is 0 Å². The van der Waals surface area contributed by atoms with E-state index in [0.29, 0.717) is 11.6 Å². The number of hydrogen-bond donors (Lipinski definition) is 0. The Hall–Kier alpha value is -0.540. The third kappa shape index (κ3) is 2.18. The molecule has 0 spiro atoms. The second kappa shape index (κ2) is 4.14. The summed E-state index contributed by atoms with van der Waals surface area (Å²) in [6.45, 7) is 3.07. The third-order valence-electron chi connectivity index (χ3n) is 2.69. The van der Waals surface area contributed by atoms with Crippen molar-refractivity contribution in [1.82, 2.24) is 4.90 Å². The summed E-state index contributed by atoms with van der Waals surface area (Å²) in [7, 11) is 0. The quantitative estimate of drug-likeness (QED) is 0.718. The molecule has 0 aromatic heterocycles. The molecule has 0 fully saturated rings. The molecule has 0 saturated heterocycles. The van der Waals surface area contributed by atoms with Gasteiger partial charge in [0.25, 0.3) is 0 Å². The Balaban J connectivity index is 2.37. The van der Waals surface area contributed by atoms with Gasteiger partial charge < -0.3 is 4.90 Å². The molecule has 15 heavy (non-hydrogen) atoms. The predicted molar refractivity (Wildman–Crippen MR) is 63.9 cm³/mol. The van der Waals surface area contributed by atoms with Gasteiger partial charge >= 0.3 is 0 Å². The van der Waals surface area contributed by atoms with Crippen LogP contribution in [0.1, 0.15) is 18.1 Å². The summed E-state index contributed by atoms with van der Waals surface area (Å²) in [5.74, 6) is 0.122. The van der Waals surface area contributed by atoms with Crippen LogP contribution in [0.25, 0.3) is 0 Å². The molecule has 0 bridgehead atoms. The molecule has 1 aliphatic heterocycles. The smallest absolute Gasteiger partial charge is 0.219 e. The van der Waals surface area contributed by atoms with Gasteiger partial charge in [0.1, 0.15) is 0 Å². The number of amides is 1. The van der Waals surface area contributed by atoms with Gasteiger partial charge in [-0.15, -0.1) is 0 Å². The number of carbonyl (C=O) groups is 1. The highest BCUT2D eigenvalue weighted by molar-refractivity contribution is 9.10. The van der Waals surface area contributed by atoms with Crippen molar-refractivity contribution in [3.8, 4) is 0 Å². The summed E-state index contributed by atoms with van der Waals surface area (Å²) in [5.41, 5.74) is 2.42. The molecule has 0 aliphatic carbocycles. The van der Waals surface area contributed by atoms with Crippen molar-refractivity contribution >= 4 is 33.4 Å². The lowest BCUT2D eigenvalue weighted by atomic mass is 10.00. The average molecular weight is 289 g/mol. The molecular formula is C11H11BrClNO. The molecule has 1 aromatic rings. The highest BCUT2D eigenvalue weighted by atomic mass is 79.9. The minimum absolute atomic E-state index is 0.122. The summed E-state index contributed by atoms with van der Waals surface area (Å²) in [4.78, 5) is 13.1. The number of hydrogen-bond acceptors (Lipinski definition) is 1. The van der Waals surface area contributed by atoms with Crippen LogP contribution >= 0.6 is 27.5 Å². The van der Waals surface area contributed by atoms with Gasteiger partial charge in [-0.2, -0.15) is 0 Å². The summed E-state index contributed by atoms with van der Waals surface area (Å²) in [6.07, 6.45) is 0.896. The van der Waals surface area contributed by atoms with E-state index >= 15 is 0 Å². The fraction of sp³-hybridized carbons (Fsp3) is 0.364. The molecule has 4 heteroatoms. The molecule has 1 amide bonds. The molecule has 2 nitrogen and oxygen atoms in total. The Bertz CT molecular complexity index is 419. The van der Waals surface area contributed by atoms with Crippen LogP contribution in [0.3, 0.4) is 0 Å². The normalized spacial score (nSPS) is 15.0. The maximum absolute atomic E-state index is 11.3. The molecule has 80 valence electrons. The molecule has 1 heterocycles. The third-order valence-corrected chi connectivity index (χ3v) is 3.62. The number of benzene rings is 1. The SMILES string of the molecule is CC(=O)N1CCc2c(Br)cc(Cl)cc2C1. The minimum atomic E-state index is 0.122. The topological polar surface area (TPSA) is 20.3 Å². The van der Waals surface area contributed by atoms with Gasteiger partial charge in [0, 0.05) is 29.5 Å². The van der Waals surface area contributed by atoms with E-state index in [4.69, 9.17) is 11.6 Å². The number of nitrogens with zero attached hydrogens (tertiary/aromatic N) is 1. The van der Waals surface area contributed by atoms with Gasteiger partial charge in [-0.05, 0) is 29.7 Å². The van der Waals surface area contributed by atoms with Crippen LogP contribution in [0.5, 0.6) is 0 Å². The average Bonchev–Trinajstić information content (AvgIpc) is 2.16. The van der Waals surface area contributed by atoms with Crippen LogP contribution in [0, 0.1) is 0 Å². The van der Waals surface area contributed by atoms with E-state index in [1.807, 2.05) is 17.0 Å². The zero-order valence-electron chi connectivity index (χ0n) is 8.39. The van der Waals surface area contributed by atoms with Gasteiger partial charge in [-0.1, -0.05) is 27.5 Å². The van der Waals surface area contributed by atoms with E-state index in [2.05, 4.69) is 15.9 Å². The number of halogens is 2. The highest BCUT2D eigenvalue weighted by Crippen LogP contribution is 2.30. The van der Waals surface area contributed by atoms with Gasteiger partial charge in [0.15, 0.2) is 0 Å². The van der Waals surface area contributed by atoms with Crippen molar-refractivity contribution in [2.24, 2.45) is 0 Å². The maximum atomic E-state index is 11.3. The van der Waals surface area contributed by atoms with Gasteiger partial charge in [-0.3, -0.25) is 4.79 Å². The van der Waals surface area contributed by atoms with Gasteiger partial charge in [0.05, 0.1) is 0 Å². The Morgan fingerprint density at radius 2 is 2.27 bits per heavy atom. The first-order valence-electron chi connectivity index (χ1n) is 4.80. The Kier molecular flexibility index (Phi) is 3.03. The number of fused-ring (bicyclic) bond motifs is 1. The zero-order chi connectivity index (χ0) is 11.0. The molecular weight excluding hydrogens is 277 g/mol. The van der Waals surface area contributed by atoms with E-state index in [1.165, 1.54) is 5.56 Å². The second-order valence-electron chi connectivity index (χ2n) is 3.72.